The average Bonchev–Trinajstić information content (AvgIpc) is 3.40. The minimum absolute atomic E-state index is 0.138. The second kappa shape index (κ2) is 13.1. The van der Waals surface area contributed by atoms with E-state index in [0.717, 1.165) is 0 Å². The number of halogens is 1. The standard InChI is InChI=1S/C27H24ClN5O7S/c1-3-38-26(35)24-15(2)30-27(41)31-25(24)19-6-4-5-7-21(19)39-14-23(34)32-29-13-17-9-11-22(40-17)18-10-8-16(33(36)37)12-20(18)28/h4-13,25H,3,14H2,1-2H3,(H,32,34)(H2,30,31,41)/t25-/m0/s1. The number of para-hydroxylation sites is 1. The lowest BCUT2D eigenvalue weighted by molar-refractivity contribution is -0.384. The average molecular weight is 598 g/mol. The van der Waals surface area contributed by atoms with Crippen LogP contribution in [-0.4, -0.2) is 41.3 Å². The number of amides is 1. The van der Waals surface area contributed by atoms with Gasteiger partial charge in [0.05, 0.1) is 34.4 Å². The Labute approximate surface area is 244 Å². The van der Waals surface area contributed by atoms with Crippen LogP contribution in [0.3, 0.4) is 0 Å². The lowest BCUT2D eigenvalue weighted by Gasteiger charge is -2.30. The summed E-state index contributed by atoms with van der Waals surface area (Å²) in [7, 11) is 0. The summed E-state index contributed by atoms with van der Waals surface area (Å²) in [6.07, 6.45) is 1.29. The minimum Gasteiger partial charge on any atom is -0.483 e. The number of esters is 1. The molecule has 0 radical (unpaired) electrons. The van der Waals surface area contributed by atoms with Gasteiger partial charge in [-0.1, -0.05) is 29.8 Å². The number of hydrogen-bond acceptors (Lipinski definition) is 9. The molecule has 3 N–H and O–H groups in total. The van der Waals surface area contributed by atoms with Crippen molar-refractivity contribution in [2.75, 3.05) is 13.2 Å². The molecule has 0 fully saturated rings. The Morgan fingerprint density at radius 3 is 2.76 bits per heavy atom. The fourth-order valence-electron chi connectivity index (χ4n) is 3.98. The normalized spacial score (nSPS) is 14.8. The maximum absolute atomic E-state index is 12.7. The van der Waals surface area contributed by atoms with E-state index < -0.39 is 22.8 Å². The maximum atomic E-state index is 12.7. The number of nitro benzene ring substituents is 1. The van der Waals surface area contributed by atoms with E-state index >= 15 is 0 Å². The summed E-state index contributed by atoms with van der Waals surface area (Å²) in [6.45, 7) is 3.28. The number of nitrogens with one attached hydrogen (secondary N) is 3. The van der Waals surface area contributed by atoms with E-state index in [-0.39, 0.29) is 23.9 Å². The van der Waals surface area contributed by atoms with Gasteiger partial charge in [0.15, 0.2) is 11.7 Å². The fraction of sp³-hybridized carbons (Fsp3) is 0.185. The molecular formula is C27H24ClN5O7S. The molecule has 2 aromatic carbocycles. The second-order valence-corrected chi connectivity index (χ2v) is 9.35. The van der Waals surface area contributed by atoms with Crippen molar-refractivity contribution in [2.45, 2.75) is 19.9 Å². The van der Waals surface area contributed by atoms with Gasteiger partial charge < -0.3 is 24.5 Å². The molecule has 0 saturated carbocycles. The Balaban J connectivity index is 1.40. The van der Waals surface area contributed by atoms with E-state index in [2.05, 4.69) is 21.2 Å². The van der Waals surface area contributed by atoms with E-state index in [1.807, 2.05) is 0 Å². The first kappa shape index (κ1) is 29.2. The minimum atomic E-state index is -0.655. The van der Waals surface area contributed by atoms with Crippen LogP contribution in [0.2, 0.25) is 5.02 Å². The number of thiocarbonyl (C=S) groups is 1. The zero-order chi connectivity index (χ0) is 29.5. The van der Waals surface area contributed by atoms with Crippen LogP contribution in [0.1, 0.15) is 31.2 Å². The van der Waals surface area contributed by atoms with E-state index in [1.165, 1.54) is 24.4 Å². The molecule has 3 aromatic rings. The van der Waals surface area contributed by atoms with Gasteiger partial charge >= 0.3 is 5.97 Å². The Morgan fingerprint density at radius 2 is 2.02 bits per heavy atom. The van der Waals surface area contributed by atoms with Crippen molar-refractivity contribution in [3.05, 3.63) is 92.3 Å². The highest BCUT2D eigenvalue weighted by molar-refractivity contribution is 7.80. The molecule has 0 spiro atoms. The van der Waals surface area contributed by atoms with E-state index in [1.54, 1.807) is 50.2 Å². The van der Waals surface area contributed by atoms with Gasteiger partial charge in [-0.2, -0.15) is 5.10 Å². The van der Waals surface area contributed by atoms with Crippen LogP contribution in [-0.2, 0) is 14.3 Å². The number of carbonyl (C=O) groups excluding carboxylic acids is 2. The molecule has 1 atom stereocenters. The second-order valence-electron chi connectivity index (χ2n) is 8.53. The number of hydrogen-bond donors (Lipinski definition) is 3. The number of nitro groups is 1. The summed E-state index contributed by atoms with van der Waals surface area (Å²) >= 11 is 11.4. The summed E-state index contributed by atoms with van der Waals surface area (Å²) in [5, 5.41) is 21.3. The van der Waals surface area contributed by atoms with Crippen molar-refractivity contribution < 1.29 is 28.4 Å². The number of benzene rings is 2. The van der Waals surface area contributed by atoms with Gasteiger partial charge in [0.25, 0.3) is 11.6 Å². The number of non-ortho nitro benzene ring substituents is 1. The van der Waals surface area contributed by atoms with Gasteiger partial charge in [0.1, 0.15) is 17.3 Å². The number of ether oxygens (including phenoxy) is 2. The Kier molecular flexibility index (Phi) is 9.32. The van der Waals surface area contributed by atoms with Crippen molar-refractivity contribution in [2.24, 2.45) is 5.10 Å². The third kappa shape index (κ3) is 7.07. The first-order valence-electron chi connectivity index (χ1n) is 12.2. The van der Waals surface area contributed by atoms with Gasteiger partial charge in [0, 0.05) is 29.0 Å². The summed E-state index contributed by atoms with van der Waals surface area (Å²) in [5.41, 5.74) is 4.17. The molecule has 12 nitrogen and oxygen atoms in total. The maximum Gasteiger partial charge on any atom is 0.338 e. The third-order valence-corrected chi connectivity index (χ3v) is 6.32. The number of hydrazone groups is 1. The number of carbonyl (C=O) groups is 2. The molecule has 1 amide bonds. The van der Waals surface area contributed by atoms with Crippen LogP contribution in [0.5, 0.6) is 5.75 Å². The number of nitrogens with zero attached hydrogens (tertiary/aromatic N) is 2. The monoisotopic (exact) mass is 597 g/mol. The van der Waals surface area contributed by atoms with Crippen LogP contribution in [0.4, 0.5) is 5.69 Å². The number of furan rings is 1. The van der Waals surface area contributed by atoms with Crippen molar-refractivity contribution in [3.63, 3.8) is 0 Å². The lowest BCUT2D eigenvalue weighted by Crippen LogP contribution is -2.45. The molecule has 4 rings (SSSR count). The predicted molar refractivity (Wildman–Crippen MR) is 154 cm³/mol. The summed E-state index contributed by atoms with van der Waals surface area (Å²) < 4.78 is 16.6. The van der Waals surface area contributed by atoms with E-state index in [4.69, 9.17) is 37.7 Å². The van der Waals surface area contributed by atoms with Crippen LogP contribution in [0.15, 0.2) is 75.4 Å². The molecule has 14 heteroatoms. The van der Waals surface area contributed by atoms with Crippen LogP contribution < -0.4 is 20.8 Å². The molecule has 2 heterocycles. The molecule has 212 valence electrons. The molecule has 0 aliphatic carbocycles. The van der Waals surface area contributed by atoms with Crippen LogP contribution >= 0.6 is 23.8 Å². The topological polar surface area (TPSA) is 157 Å². The van der Waals surface area contributed by atoms with Gasteiger partial charge in [-0.25, -0.2) is 10.2 Å². The van der Waals surface area contributed by atoms with Gasteiger partial charge in [-0.15, -0.1) is 0 Å². The SMILES string of the molecule is CCOC(=O)C1=C(C)NC(=S)N[C@H]1c1ccccc1OCC(=O)NN=Cc1ccc(-c2ccc([N+](=O)[O-])cc2Cl)o1. The molecule has 0 bridgehead atoms. The molecule has 0 unspecified atom stereocenters. The summed E-state index contributed by atoms with van der Waals surface area (Å²) in [4.78, 5) is 35.5. The molecule has 1 aliphatic heterocycles. The van der Waals surface area contributed by atoms with Gasteiger partial charge in [-0.05, 0) is 50.3 Å². The van der Waals surface area contributed by atoms with Gasteiger partial charge in [-0.3, -0.25) is 14.9 Å². The zero-order valence-electron chi connectivity index (χ0n) is 21.8. The zero-order valence-corrected chi connectivity index (χ0v) is 23.4. The van der Waals surface area contributed by atoms with Crippen molar-refractivity contribution in [1.29, 1.82) is 0 Å². The van der Waals surface area contributed by atoms with Crippen molar-refractivity contribution in [3.8, 4) is 17.1 Å². The van der Waals surface area contributed by atoms with Crippen LogP contribution in [0, 0.1) is 10.1 Å². The summed E-state index contributed by atoms with van der Waals surface area (Å²) in [6, 6.07) is 13.5. The first-order chi connectivity index (χ1) is 19.7. The highest BCUT2D eigenvalue weighted by Gasteiger charge is 2.32. The van der Waals surface area contributed by atoms with E-state index in [0.29, 0.717) is 44.8 Å². The number of rotatable bonds is 10. The number of allylic oxidation sites excluding steroid dienone is 1. The van der Waals surface area contributed by atoms with Crippen LogP contribution in [0.25, 0.3) is 11.3 Å². The smallest absolute Gasteiger partial charge is 0.338 e. The van der Waals surface area contributed by atoms with E-state index in [9.17, 15) is 19.7 Å². The largest absolute Gasteiger partial charge is 0.483 e. The summed E-state index contributed by atoms with van der Waals surface area (Å²) in [5.74, 6) is -0.0135. The quantitative estimate of drug-likeness (QED) is 0.101. The Morgan fingerprint density at radius 1 is 1.24 bits per heavy atom. The lowest BCUT2D eigenvalue weighted by atomic mass is 9.95. The molecule has 1 aliphatic rings. The van der Waals surface area contributed by atoms with Crippen molar-refractivity contribution in [1.82, 2.24) is 16.1 Å². The van der Waals surface area contributed by atoms with Gasteiger partial charge in [0.2, 0.25) is 0 Å². The Bertz CT molecular complexity index is 1570. The molecule has 1 aromatic heterocycles. The third-order valence-electron chi connectivity index (χ3n) is 5.79. The van der Waals surface area contributed by atoms with Crippen molar-refractivity contribution >= 4 is 52.7 Å². The molecular weight excluding hydrogens is 574 g/mol. The highest BCUT2D eigenvalue weighted by Crippen LogP contribution is 2.34. The Hall–Kier alpha value is -4.75. The molecule has 41 heavy (non-hydrogen) atoms. The predicted octanol–water partition coefficient (Wildman–Crippen LogP) is 4.39. The molecule has 0 saturated heterocycles. The highest BCUT2D eigenvalue weighted by atomic mass is 35.5. The first-order valence-corrected chi connectivity index (χ1v) is 13.0. The fourth-order valence-corrected chi connectivity index (χ4v) is 4.52.